The Kier molecular flexibility index (Phi) is 10.2. The van der Waals surface area contributed by atoms with Crippen molar-refractivity contribution >= 4 is 41.7 Å². The van der Waals surface area contributed by atoms with Crippen molar-refractivity contribution < 1.29 is 4.74 Å². The second-order valence-electron chi connectivity index (χ2n) is 6.39. The number of halogens is 1. The summed E-state index contributed by atoms with van der Waals surface area (Å²) in [6.45, 7) is 6.98. The predicted octanol–water partition coefficient (Wildman–Crippen LogP) is 4.01. The van der Waals surface area contributed by atoms with Crippen molar-refractivity contribution in [3.8, 4) is 0 Å². The molecule has 0 aromatic heterocycles. The van der Waals surface area contributed by atoms with Crippen molar-refractivity contribution in [1.29, 1.82) is 0 Å². The number of nitrogens with one attached hydrogen (secondary N) is 2. The first-order valence-electron chi connectivity index (χ1n) is 8.81. The van der Waals surface area contributed by atoms with Gasteiger partial charge in [-0.1, -0.05) is 31.2 Å². The fourth-order valence-corrected chi connectivity index (χ4v) is 3.76. The van der Waals surface area contributed by atoms with Crippen molar-refractivity contribution in [2.45, 2.75) is 43.9 Å². The molecule has 1 aliphatic heterocycles. The highest BCUT2D eigenvalue weighted by Crippen LogP contribution is 2.32. The van der Waals surface area contributed by atoms with Crippen LogP contribution < -0.4 is 10.6 Å². The van der Waals surface area contributed by atoms with E-state index in [0.717, 1.165) is 45.0 Å². The molecular weight excluding hydrogens is 445 g/mol. The number of hydrogen-bond acceptors (Lipinski definition) is 3. The third-order valence-corrected chi connectivity index (χ3v) is 6.30. The van der Waals surface area contributed by atoms with E-state index in [-0.39, 0.29) is 34.8 Å². The molecule has 1 heterocycles. The monoisotopic (exact) mass is 477 g/mol. The molecule has 0 amide bonds. The SMILES string of the molecule is CCc1ccc(C(C)NC(=NC)NCC2(SC)CCOCC2)cc1.I. The van der Waals surface area contributed by atoms with Crippen LogP contribution in [0.1, 0.15) is 43.9 Å². The Morgan fingerprint density at radius 2 is 1.92 bits per heavy atom. The van der Waals surface area contributed by atoms with E-state index in [1.807, 2.05) is 18.8 Å². The maximum atomic E-state index is 5.51. The van der Waals surface area contributed by atoms with Crippen molar-refractivity contribution in [1.82, 2.24) is 10.6 Å². The number of aryl methyl sites for hydroxylation is 1. The number of aliphatic imine (C=N–C) groups is 1. The highest BCUT2D eigenvalue weighted by Gasteiger charge is 2.31. The smallest absolute Gasteiger partial charge is 0.191 e. The molecule has 0 aliphatic carbocycles. The zero-order valence-electron chi connectivity index (χ0n) is 15.8. The number of ether oxygens (including phenoxy) is 1. The minimum Gasteiger partial charge on any atom is -0.381 e. The molecule has 4 nitrogen and oxygen atoms in total. The van der Waals surface area contributed by atoms with Crippen LogP contribution in [0.15, 0.2) is 29.3 Å². The highest BCUT2D eigenvalue weighted by molar-refractivity contribution is 14.0. The maximum Gasteiger partial charge on any atom is 0.191 e. The lowest BCUT2D eigenvalue weighted by Gasteiger charge is -2.36. The van der Waals surface area contributed by atoms with E-state index in [1.54, 1.807) is 0 Å². The molecule has 1 aromatic rings. The van der Waals surface area contributed by atoms with E-state index in [4.69, 9.17) is 4.74 Å². The first kappa shape index (κ1) is 22.6. The summed E-state index contributed by atoms with van der Waals surface area (Å²) in [6, 6.07) is 9.03. The molecule has 1 aliphatic rings. The Balaban J connectivity index is 0.00000312. The number of hydrogen-bond donors (Lipinski definition) is 2. The Morgan fingerprint density at radius 3 is 2.44 bits per heavy atom. The molecule has 142 valence electrons. The summed E-state index contributed by atoms with van der Waals surface area (Å²) in [7, 11) is 1.83. The summed E-state index contributed by atoms with van der Waals surface area (Å²) in [4.78, 5) is 4.39. The summed E-state index contributed by atoms with van der Waals surface area (Å²) < 4.78 is 5.77. The molecule has 0 bridgehead atoms. The first-order chi connectivity index (χ1) is 11.6. The summed E-state index contributed by atoms with van der Waals surface area (Å²) in [6.07, 6.45) is 5.45. The minimum absolute atomic E-state index is 0. The van der Waals surface area contributed by atoms with Crippen LogP contribution >= 0.6 is 35.7 Å². The van der Waals surface area contributed by atoms with Gasteiger partial charge >= 0.3 is 0 Å². The highest BCUT2D eigenvalue weighted by atomic mass is 127. The van der Waals surface area contributed by atoms with E-state index in [9.17, 15) is 0 Å². The Labute approximate surface area is 174 Å². The molecule has 0 spiro atoms. The van der Waals surface area contributed by atoms with Gasteiger partial charge in [0, 0.05) is 31.6 Å². The number of rotatable bonds is 6. The molecule has 2 rings (SSSR count). The van der Waals surface area contributed by atoms with Gasteiger partial charge < -0.3 is 15.4 Å². The third kappa shape index (κ3) is 6.64. The zero-order chi connectivity index (χ0) is 17.4. The fraction of sp³-hybridized carbons (Fsp3) is 0.632. The standard InChI is InChI=1S/C19H31N3OS.HI/c1-5-16-6-8-17(9-7-16)15(2)22-18(20-3)21-14-19(24-4)10-12-23-13-11-19;/h6-9,15H,5,10-14H2,1-4H3,(H2,20,21,22);1H. The van der Waals surface area contributed by atoms with Gasteiger partial charge in [0.2, 0.25) is 0 Å². The number of thioether (sulfide) groups is 1. The molecule has 1 fully saturated rings. The fourth-order valence-electron chi connectivity index (χ4n) is 2.97. The molecule has 25 heavy (non-hydrogen) atoms. The Hall–Kier alpha value is -0.470. The molecule has 1 unspecified atom stereocenters. The van der Waals surface area contributed by atoms with Gasteiger partial charge in [-0.05, 0) is 43.6 Å². The van der Waals surface area contributed by atoms with Crippen LogP contribution in [0.25, 0.3) is 0 Å². The third-order valence-electron chi connectivity index (χ3n) is 4.88. The number of nitrogens with zero attached hydrogens (tertiary/aromatic N) is 1. The van der Waals surface area contributed by atoms with Crippen LogP contribution in [0.2, 0.25) is 0 Å². The lowest BCUT2D eigenvalue weighted by Crippen LogP contribution is -2.48. The number of guanidine groups is 1. The average molecular weight is 477 g/mol. The van der Waals surface area contributed by atoms with Crippen LogP contribution in [0.5, 0.6) is 0 Å². The largest absolute Gasteiger partial charge is 0.381 e. The van der Waals surface area contributed by atoms with Gasteiger partial charge in [0.1, 0.15) is 0 Å². The van der Waals surface area contributed by atoms with E-state index in [1.165, 1.54) is 11.1 Å². The van der Waals surface area contributed by atoms with E-state index >= 15 is 0 Å². The zero-order valence-corrected chi connectivity index (χ0v) is 18.9. The molecule has 1 atom stereocenters. The van der Waals surface area contributed by atoms with E-state index in [2.05, 4.69) is 60.0 Å². The van der Waals surface area contributed by atoms with Gasteiger partial charge in [0.05, 0.1) is 6.04 Å². The second kappa shape index (κ2) is 11.3. The second-order valence-corrected chi connectivity index (χ2v) is 7.66. The molecule has 2 N–H and O–H groups in total. The summed E-state index contributed by atoms with van der Waals surface area (Å²) in [5, 5.41) is 7.02. The summed E-state index contributed by atoms with van der Waals surface area (Å²) in [5.41, 5.74) is 2.65. The molecule has 0 radical (unpaired) electrons. The van der Waals surface area contributed by atoms with Crippen molar-refractivity contribution in [2.75, 3.05) is 33.1 Å². The normalized spacial score (nSPS) is 18.2. The van der Waals surface area contributed by atoms with Crippen molar-refractivity contribution in [3.63, 3.8) is 0 Å². The van der Waals surface area contributed by atoms with Crippen molar-refractivity contribution in [2.24, 2.45) is 4.99 Å². The molecule has 1 saturated heterocycles. The molecular formula is C19H32IN3OS. The van der Waals surface area contributed by atoms with Gasteiger partial charge in [-0.2, -0.15) is 11.8 Å². The van der Waals surface area contributed by atoms with Gasteiger partial charge in [-0.25, -0.2) is 0 Å². The van der Waals surface area contributed by atoms with Gasteiger partial charge in [-0.3, -0.25) is 4.99 Å². The van der Waals surface area contributed by atoms with Gasteiger partial charge in [0.15, 0.2) is 5.96 Å². The van der Waals surface area contributed by atoms with Crippen molar-refractivity contribution in [3.05, 3.63) is 35.4 Å². The van der Waals surface area contributed by atoms with Crippen LogP contribution in [0.4, 0.5) is 0 Å². The molecule has 0 saturated carbocycles. The van der Waals surface area contributed by atoms with E-state index in [0.29, 0.717) is 0 Å². The van der Waals surface area contributed by atoms with Crippen LogP contribution in [-0.4, -0.2) is 43.8 Å². The first-order valence-corrected chi connectivity index (χ1v) is 10.0. The number of benzene rings is 1. The van der Waals surface area contributed by atoms with Gasteiger partial charge in [-0.15, -0.1) is 24.0 Å². The topological polar surface area (TPSA) is 45.7 Å². The average Bonchev–Trinajstić information content (AvgIpc) is 2.65. The van der Waals surface area contributed by atoms with E-state index < -0.39 is 0 Å². The predicted molar refractivity (Wildman–Crippen MR) is 120 cm³/mol. The van der Waals surface area contributed by atoms with Crippen LogP contribution in [-0.2, 0) is 11.2 Å². The molecule has 6 heteroatoms. The maximum absolute atomic E-state index is 5.51. The Morgan fingerprint density at radius 1 is 1.28 bits per heavy atom. The lowest BCUT2D eigenvalue weighted by molar-refractivity contribution is 0.0782. The quantitative estimate of drug-likeness (QED) is 0.370. The lowest BCUT2D eigenvalue weighted by atomic mass is 9.99. The van der Waals surface area contributed by atoms with Crippen LogP contribution in [0, 0.1) is 0 Å². The summed E-state index contributed by atoms with van der Waals surface area (Å²) in [5.74, 6) is 0.863. The summed E-state index contributed by atoms with van der Waals surface area (Å²) >= 11 is 1.94. The van der Waals surface area contributed by atoms with Crippen LogP contribution in [0.3, 0.4) is 0 Å². The molecule has 1 aromatic carbocycles. The van der Waals surface area contributed by atoms with Gasteiger partial charge in [0.25, 0.3) is 0 Å². The Bertz CT molecular complexity index is 530. The minimum atomic E-state index is 0.